The molecular weight excluding hydrogens is 216 g/mol. The molecule has 1 aliphatic carbocycles. The van der Waals surface area contributed by atoms with Crippen LogP contribution in [0, 0.1) is 17.8 Å². The summed E-state index contributed by atoms with van der Waals surface area (Å²) in [5.74, 6) is 2.31. The maximum absolute atomic E-state index is 6.23. The molecule has 0 bridgehead atoms. The molecule has 0 radical (unpaired) electrons. The van der Waals surface area contributed by atoms with Crippen molar-refractivity contribution in [3.8, 4) is 0 Å². The van der Waals surface area contributed by atoms with Crippen LogP contribution in [0.1, 0.15) is 38.1 Å². The van der Waals surface area contributed by atoms with E-state index in [1.165, 1.54) is 24.3 Å². The predicted molar refractivity (Wildman–Crippen MR) is 69.5 cm³/mol. The lowest BCUT2D eigenvalue weighted by atomic mass is 9.73. The molecule has 16 heavy (non-hydrogen) atoms. The Labute approximate surface area is 102 Å². The lowest BCUT2D eigenvalue weighted by Crippen LogP contribution is -2.38. The SMILES string of the molecule is CC(C)C1CCC(N)C(Cc2nccs2)C1. The van der Waals surface area contributed by atoms with Crippen molar-refractivity contribution in [2.75, 3.05) is 0 Å². The molecule has 2 N–H and O–H groups in total. The Morgan fingerprint density at radius 2 is 2.31 bits per heavy atom. The molecule has 0 amide bonds. The average Bonchev–Trinajstić information content (AvgIpc) is 2.73. The molecule has 3 heteroatoms. The molecule has 0 aliphatic heterocycles. The van der Waals surface area contributed by atoms with Gasteiger partial charge >= 0.3 is 0 Å². The van der Waals surface area contributed by atoms with Crippen LogP contribution < -0.4 is 5.73 Å². The molecule has 1 heterocycles. The van der Waals surface area contributed by atoms with Gasteiger partial charge in [-0.2, -0.15) is 0 Å². The highest BCUT2D eigenvalue weighted by Gasteiger charge is 2.30. The molecule has 1 aliphatic rings. The van der Waals surface area contributed by atoms with E-state index in [1.807, 2.05) is 6.20 Å². The monoisotopic (exact) mass is 238 g/mol. The maximum atomic E-state index is 6.23. The quantitative estimate of drug-likeness (QED) is 0.879. The standard InChI is InChI=1S/C13H22N2S/c1-9(2)10-3-4-12(14)11(7-10)8-13-15-5-6-16-13/h5-6,9-12H,3-4,7-8,14H2,1-2H3. The Morgan fingerprint density at radius 1 is 1.50 bits per heavy atom. The molecule has 0 saturated heterocycles. The predicted octanol–water partition coefficient (Wildman–Crippen LogP) is 3.09. The lowest BCUT2D eigenvalue weighted by molar-refractivity contribution is 0.189. The fraction of sp³-hybridized carbons (Fsp3) is 0.769. The van der Waals surface area contributed by atoms with E-state index >= 15 is 0 Å². The number of hydrogen-bond acceptors (Lipinski definition) is 3. The Balaban J connectivity index is 1.96. The van der Waals surface area contributed by atoms with Crippen LogP contribution in [0.2, 0.25) is 0 Å². The third kappa shape index (κ3) is 2.83. The van der Waals surface area contributed by atoms with Gasteiger partial charge in [-0.3, -0.25) is 0 Å². The minimum Gasteiger partial charge on any atom is -0.327 e. The summed E-state index contributed by atoms with van der Waals surface area (Å²) in [4.78, 5) is 4.38. The van der Waals surface area contributed by atoms with E-state index in [9.17, 15) is 0 Å². The molecule has 0 aromatic carbocycles. The summed E-state index contributed by atoms with van der Waals surface area (Å²) >= 11 is 1.76. The zero-order valence-corrected chi connectivity index (χ0v) is 11.0. The number of aromatic nitrogens is 1. The second-order valence-corrected chi connectivity index (χ2v) is 6.35. The van der Waals surface area contributed by atoms with Gasteiger partial charge in [0.1, 0.15) is 0 Å². The molecule has 90 valence electrons. The number of nitrogens with zero attached hydrogens (tertiary/aromatic N) is 1. The Hall–Kier alpha value is -0.410. The molecule has 1 aromatic heterocycles. The molecular formula is C13H22N2S. The van der Waals surface area contributed by atoms with Crippen molar-refractivity contribution in [3.05, 3.63) is 16.6 Å². The van der Waals surface area contributed by atoms with Crippen LogP contribution in [0.4, 0.5) is 0 Å². The van der Waals surface area contributed by atoms with Crippen molar-refractivity contribution in [2.24, 2.45) is 23.5 Å². The molecule has 2 rings (SSSR count). The van der Waals surface area contributed by atoms with E-state index in [4.69, 9.17) is 5.73 Å². The van der Waals surface area contributed by atoms with Crippen LogP contribution in [-0.2, 0) is 6.42 Å². The van der Waals surface area contributed by atoms with E-state index in [2.05, 4.69) is 24.2 Å². The van der Waals surface area contributed by atoms with Crippen LogP contribution in [0.15, 0.2) is 11.6 Å². The highest BCUT2D eigenvalue weighted by Crippen LogP contribution is 2.34. The summed E-state index contributed by atoms with van der Waals surface area (Å²) in [6.45, 7) is 4.67. The van der Waals surface area contributed by atoms with Crippen LogP contribution in [0.3, 0.4) is 0 Å². The smallest absolute Gasteiger partial charge is 0.0928 e. The van der Waals surface area contributed by atoms with Crippen molar-refractivity contribution >= 4 is 11.3 Å². The largest absolute Gasteiger partial charge is 0.327 e. The molecule has 3 unspecified atom stereocenters. The number of nitrogens with two attached hydrogens (primary N) is 1. The normalized spacial score (nSPS) is 30.9. The van der Waals surface area contributed by atoms with Crippen molar-refractivity contribution in [2.45, 2.75) is 45.6 Å². The van der Waals surface area contributed by atoms with E-state index < -0.39 is 0 Å². The number of hydrogen-bond donors (Lipinski definition) is 1. The average molecular weight is 238 g/mol. The topological polar surface area (TPSA) is 38.9 Å². The number of rotatable bonds is 3. The summed E-state index contributed by atoms with van der Waals surface area (Å²) < 4.78 is 0. The first-order chi connectivity index (χ1) is 7.66. The van der Waals surface area contributed by atoms with Gasteiger partial charge in [0.2, 0.25) is 0 Å². The summed E-state index contributed by atoms with van der Waals surface area (Å²) in [7, 11) is 0. The van der Waals surface area contributed by atoms with Gasteiger partial charge in [-0.15, -0.1) is 11.3 Å². The zero-order chi connectivity index (χ0) is 11.5. The van der Waals surface area contributed by atoms with Crippen LogP contribution >= 0.6 is 11.3 Å². The first kappa shape index (κ1) is 12.1. The Kier molecular flexibility index (Phi) is 3.98. The van der Waals surface area contributed by atoms with E-state index in [0.717, 1.165) is 18.3 Å². The minimum atomic E-state index is 0.388. The highest BCUT2D eigenvalue weighted by atomic mass is 32.1. The third-order valence-corrected chi connectivity index (χ3v) is 4.75. The molecule has 2 nitrogen and oxygen atoms in total. The van der Waals surface area contributed by atoms with Crippen LogP contribution in [-0.4, -0.2) is 11.0 Å². The molecule has 0 spiro atoms. The van der Waals surface area contributed by atoms with E-state index in [-0.39, 0.29) is 0 Å². The van der Waals surface area contributed by atoms with Gasteiger partial charge in [0.05, 0.1) is 5.01 Å². The van der Waals surface area contributed by atoms with Gasteiger partial charge in [-0.05, 0) is 37.0 Å². The minimum absolute atomic E-state index is 0.388. The van der Waals surface area contributed by atoms with Crippen LogP contribution in [0.25, 0.3) is 0 Å². The first-order valence-electron chi connectivity index (χ1n) is 6.30. The highest BCUT2D eigenvalue weighted by molar-refractivity contribution is 7.09. The van der Waals surface area contributed by atoms with Crippen LogP contribution in [0.5, 0.6) is 0 Å². The van der Waals surface area contributed by atoms with Crippen molar-refractivity contribution < 1.29 is 0 Å². The maximum Gasteiger partial charge on any atom is 0.0928 e. The van der Waals surface area contributed by atoms with Gasteiger partial charge in [-0.1, -0.05) is 13.8 Å². The molecule has 3 atom stereocenters. The molecule has 1 saturated carbocycles. The van der Waals surface area contributed by atoms with Crippen molar-refractivity contribution in [1.82, 2.24) is 4.98 Å². The first-order valence-corrected chi connectivity index (χ1v) is 7.18. The Bertz CT molecular complexity index is 308. The second-order valence-electron chi connectivity index (χ2n) is 5.37. The van der Waals surface area contributed by atoms with E-state index in [1.54, 1.807) is 11.3 Å². The zero-order valence-electron chi connectivity index (χ0n) is 10.2. The third-order valence-electron chi connectivity index (χ3n) is 3.94. The van der Waals surface area contributed by atoms with E-state index in [0.29, 0.717) is 12.0 Å². The fourth-order valence-corrected chi connectivity index (χ4v) is 3.45. The van der Waals surface area contributed by atoms with Crippen molar-refractivity contribution in [3.63, 3.8) is 0 Å². The van der Waals surface area contributed by atoms with Gasteiger partial charge in [0.15, 0.2) is 0 Å². The number of thiazole rings is 1. The Morgan fingerprint density at radius 3 is 2.94 bits per heavy atom. The van der Waals surface area contributed by atoms with Gasteiger partial charge < -0.3 is 5.73 Å². The summed E-state index contributed by atoms with van der Waals surface area (Å²) in [5.41, 5.74) is 6.23. The van der Waals surface area contributed by atoms with Gasteiger partial charge in [0, 0.05) is 24.0 Å². The fourth-order valence-electron chi connectivity index (χ4n) is 2.74. The second kappa shape index (κ2) is 5.28. The lowest BCUT2D eigenvalue weighted by Gasteiger charge is -2.35. The summed E-state index contributed by atoms with van der Waals surface area (Å²) in [5, 5.41) is 3.31. The van der Waals surface area contributed by atoms with Gasteiger partial charge in [0.25, 0.3) is 0 Å². The van der Waals surface area contributed by atoms with Crippen molar-refractivity contribution in [1.29, 1.82) is 0 Å². The summed E-state index contributed by atoms with van der Waals surface area (Å²) in [6, 6.07) is 0.388. The van der Waals surface area contributed by atoms with Gasteiger partial charge in [-0.25, -0.2) is 4.98 Å². The molecule has 1 aromatic rings. The summed E-state index contributed by atoms with van der Waals surface area (Å²) in [6.07, 6.45) is 6.78. The molecule has 1 fully saturated rings.